The van der Waals surface area contributed by atoms with E-state index < -0.39 is 5.97 Å². The second-order valence-electron chi connectivity index (χ2n) is 2.70. The number of hydrogen-bond acceptors (Lipinski definition) is 3. The molecule has 5 heteroatoms. The maximum Gasteiger partial charge on any atom is 0.311 e. The van der Waals surface area contributed by atoms with E-state index in [4.69, 9.17) is 9.52 Å². The lowest BCUT2D eigenvalue weighted by Gasteiger charge is -1.96. The highest BCUT2D eigenvalue weighted by atomic mass is 16.4. The number of aliphatic carboxylic acids is 1. The van der Waals surface area contributed by atoms with Crippen molar-refractivity contribution in [1.82, 2.24) is 5.32 Å². The van der Waals surface area contributed by atoms with Crippen LogP contribution in [0.15, 0.2) is 16.5 Å². The first kappa shape index (κ1) is 10.3. The highest BCUT2D eigenvalue weighted by Crippen LogP contribution is 2.08. The quantitative estimate of drug-likeness (QED) is 0.742. The van der Waals surface area contributed by atoms with Crippen molar-refractivity contribution in [3.8, 4) is 0 Å². The average Bonchev–Trinajstić information content (AvgIpc) is 2.52. The first-order valence-corrected chi connectivity index (χ1v) is 4.22. The van der Waals surface area contributed by atoms with E-state index in [1.165, 1.54) is 12.1 Å². The van der Waals surface area contributed by atoms with Crippen LogP contribution in [0.25, 0.3) is 0 Å². The summed E-state index contributed by atoms with van der Waals surface area (Å²) in [6, 6.07) is 2.95. The van der Waals surface area contributed by atoms with Gasteiger partial charge >= 0.3 is 5.97 Å². The van der Waals surface area contributed by atoms with Crippen LogP contribution < -0.4 is 5.32 Å². The summed E-state index contributed by atoms with van der Waals surface area (Å²) in [7, 11) is 0. The molecule has 2 N–H and O–H groups in total. The van der Waals surface area contributed by atoms with Gasteiger partial charge in [-0.05, 0) is 19.1 Å². The molecular weight excluding hydrogens is 186 g/mol. The zero-order chi connectivity index (χ0) is 10.6. The fraction of sp³-hybridized carbons (Fsp3) is 0.333. The molecule has 0 aromatic carbocycles. The minimum atomic E-state index is -0.984. The van der Waals surface area contributed by atoms with Gasteiger partial charge in [0, 0.05) is 6.54 Å². The summed E-state index contributed by atoms with van der Waals surface area (Å²) in [6.45, 7) is 2.30. The molecule has 14 heavy (non-hydrogen) atoms. The van der Waals surface area contributed by atoms with E-state index in [2.05, 4.69) is 5.32 Å². The molecule has 0 bridgehead atoms. The number of carbonyl (C=O) groups excluding carboxylic acids is 1. The van der Waals surface area contributed by atoms with E-state index in [1.54, 1.807) is 6.92 Å². The van der Waals surface area contributed by atoms with Gasteiger partial charge in [-0.2, -0.15) is 0 Å². The zero-order valence-electron chi connectivity index (χ0n) is 7.74. The lowest BCUT2D eigenvalue weighted by molar-refractivity contribution is -0.136. The molecule has 1 aromatic heterocycles. The number of carboxylic acid groups (broad SMARTS) is 1. The maximum atomic E-state index is 11.2. The van der Waals surface area contributed by atoms with Gasteiger partial charge in [0.15, 0.2) is 5.76 Å². The van der Waals surface area contributed by atoms with E-state index in [0.717, 1.165) is 0 Å². The van der Waals surface area contributed by atoms with Crippen LogP contribution in [0.5, 0.6) is 0 Å². The summed E-state index contributed by atoms with van der Waals surface area (Å²) >= 11 is 0. The predicted octanol–water partition coefficient (Wildman–Crippen LogP) is 0.656. The summed E-state index contributed by atoms with van der Waals surface area (Å²) < 4.78 is 5.02. The van der Waals surface area contributed by atoms with Crippen LogP contribution in [0, 0.1) is 0 Å². The number of nitrogens with one attached hydrogen (secondary N) is 1. The average molecular weight is 197 g/mol. The molecule has 1 aromatic rings. The third-order valence-corrected chi connectivity index (χ3v) is 1.55. The molecule has 0 aliphatic carbocycles. The predicted molar refractivity (Wildman–Crippen MR) is 48.1 cm³/mol. The van der Waals surface area contributed by atoms with Gasteiger partial charge < -0.3 is 14.8 Å². The van der Waals surface area contributed by atoms with Gasteiger partial charge in [-0.3, -0.25) is 9.59 Å². The van der Waals surface area contributed by atoms with Crippen molar-refractivity contribution in [2.45, 2.75) is 13.3 Å². The SMILES string of the molecule is CCNC(=O)c1ccc(CC(=O)O)o1. The molecule has 0 spiro atoms. The molecule has 0 saturated carbocycles. The Bertz CT molecular complexity index is 342. The number of furan rings is 1. The number of hydrogen-bond donors (Lipinski definition) is 2. The Morgan fingerprint density at radius 1 is 1.50 bits per heavy atom. The van der Waals surface area contributed by atoms with Gasteiger partial charge in [-0.1, -0.05) is 0 Å². The monoisotopic (exact) mass is 197 g/mol. The number of amides is 1. The fourth-order valence-electron chi connectivity index (χ4n) is 0.992. The molecule has 76 valence electrons. The molecule has 0 unspecified atom stereocenters. The summed E-state index contributed by atoms with van der Waals surface area (Å²) in [4.78, 5) is 21.5. The number of carbonyl (C=O) groups is 2. The molecule has 0 saturated heterocycles. The summed E-state index contributed by atoms with van der Waals surface area (Å²) in [5, 5.41) is 11.0. The topological polar surface area (TPSA) is 79.5 Å². The second-order valence-corrected chi connectivity index (χ2v) is 2.70. The Morgan fingerprint density at radius 3 is 2.79 bits per heavy atom. The summed E-state index contributed by atoms with van der Waals surface area (Å²) in [5.74, 6) is -0.896. The number of carboxylic acids is 1. The first-order chi connectivity index (χ1) is 6.63. The Morgan fingerprint density at radius 2 is 2.21 bits per heavy atom. The third kappa shape index (κ3) is 2.62. The molecule has 1 rings (SSSR count). The van der Waals surface area contributed by atoms with E-state index >= 15 is 0 Å². The molecule has 1 heterocycles. The molecule has 0 fully saturated rings. The Hall–Kier alpha value is -1.78. The van der Waals surface area contributed by atoms with Gasteiger partial charge in [0.2, 0.25) is 0 Å². The molecule has 0 atom stereocenters. The van der Waals surface area contributed by atoms with Crippen molar-refractivity contribution in [3.05, 3.63) is 23.7 Å². The summed E-state index contributed by atoms with van der Waals surface area (Å²) in [5.41, 5.74) is 0. The highest BCUT2D eigenvalue weighted by molar-refractivity contribution is 5.91. The molecule has 0 radical (unpaired) electrons. The zero-order valence-corrected chi connectivity index (χ0v) is 7.74. The Kier molecular flexibility index (Phi) is 3.28. The van der Waals surface area contributed by atoms with Gasteiger partial charge in [0.05, 0.1) is 0 Å². The van der Waals surface area contributed by atoms with Crippen LogP contribution in [0.4, 0.5) is 0 Å². The fourth-order valence-corrected chi connectivity index (χ4v) is 0.992. The van der Waals surface area contributed by atoms with Gasteiger partial charge in [0.1, 0.15) is 12.2 Å². The van der Waals surface area contributed by atoms with Crippen LogP contribution >= 0.6 is 0 Å². The highest BCUT2D eigenvalue weighted by Gasteiger charge is 2.11. The number of rotatable bonds is 4. The van der Waals surface area contributed by atoms with Crippen LogP contribution in [0.3, 0.4) is 0 Å². The lowest BCUT2D eigenvalue weighted by atomic mass is 10.3. The lowest BCUT2D eigenvalue weighted by Crippen LogP contribution is -2.21. The summed E-state index contributed by atoms with van der Waals surface area (Å²) in [6.07, 6.45) is -0.209. The third-order valence-electron chi connectivity index (χ3n) is 1.55. The molecule has 5 nitrogen and oxygen atoms in total. The van der Waals surface area contributed by atoms with E-state index in [9.17, 15) is 9.59 Å². The molecular formula is C9H11NO4. The van der Waals surface area contributed by atoms with Crippen LogP contribution in [-0.4, -0.2) is 23.5 Å². The first-order valence-electron chi connectivity index (χ1n) is 4.22. The largest absolute Gasteiger partial charge is 0.481 e. The molecule has 0 aliphatic rings. The second kappa shape index (κ2) is 4.45. The standard InChI is InChI=1S/C9H11NO4/c1-2-10-9(13)7-4-3-6(14-7)5-8(11)12/h3-4H,2,5H2,1H3,(H,10,13)(H,11,12). The maximum absolute atomic E-state index is 11.2. The van der Waals surface area contributed by atoms with Crippen molar-refractivity contribution in [2.24, 2.45) is 0 Å². The van der Waals surface area contributed by atoms with Gasteiger partial charge in [-0.25, -0.2) is 0 Å². The molecule has 0 aliphatic heterocycles. The van der Waals surface area contributed by atoms with Crippen molar-refractivity contribution < 1.29 is 19.1 Å². The Labute approximate surface area is 80.7 Å². The van der Waals surface area contributed by atoms with Crippen molar-refractivity contribution in [3.63, 3.8) is 0 Å². The minimum absolute atomic E-state index is 0.142. The van der Waals surface area contributed by atoms with E-state index in [-0.39, 0.29) is 23.8 Å². The van der Waals surface area contributed by atoms with E-state index in [1.807, 2.05) is 0 Å². The van der Waals surface area contributed by atoms with Crippen molar-refractivity contribution >= 4 is 11.9 Å². The van der Waals surface area contributed by atoms with Crippen LogP contribution in [0.1, 0.15) is 23.2 Å². The van der Waals surface area contributed by atoms with Gasteiger partial charge in [0.25, 0.3) is 5.91 Å². The molecule has 1 amide bonds. The van der Waals surface area contributed by atoms with Crippen LogP contribution in [-0.2, 0) is 11.2 Å². The normalized spacial score (nSPS) is 9.79. The van der Waals surface area contributed by atoms with Crippen LogP contribution in [0.2, 0.25) is 0 Å². The smallest absolute Gasteiger partial charge is 0.311 e. The Balaban J connectivity index is 2.67. The van der Waals surface area contributed by atoms with Crippen molar-refractivity contribution in [1.29, 1.82) is 0 Å². The van der Waals surface area contributed by atoms with E-state index in [0.29, 0.717) is 6.54 Å². The van der Waals surface area contributed by atoms with Gasteiger partial charge in [-0.15, -0.1) is 0 Å². The minimum Gasteiger partial charge on any atom is -0.481 e. The van der Waals surface area contributed by atoms with Crippen molar-refractivity contribution in [2.75, 3.05) is 6.54 Å².